The van der Waals surface area contributed by atoms with Crippen molar-refractivity contribution in [3.05, 3.63) is 82.0 Å². The van der Waals surface area contributed by atoms with Gasteiger partial charge in [0.05, 0.1) is 11.4 Å². The lowest BCUT2D eigenvalue weighted by atomic mass is 10.0. The Morgan fingerprint density at radius 1 is 0.970 bits per heavy atom. The summed E-state index contributed by atoms with van der Waals surface area (Å²) >= 11 is 1.69. The second kappa shape index (κ2) is 9.36. The second-order valence-corrected chi connectivity index (χ2v) is 9.59. The molecule has 1 aromatic heterocycles. The van der Waals surface area contributed by atoms with Crippen molar-refractivity contribution >= 4 is 33.7 Å². The van der Waals surface area contributed by atoms with Crippen molar-refractivity contribution in [2.45, 2.75) is 39.7 Å². The second-order valence-electron chi connectivity index (χ2n) is 8.75. The Balaban J connectivity index is 1.58. The molecule has 1 amide bonds. The Morgan fingerprint density at radius 3 is 2.64 bits per heavy atom. The van der Waals surface area contributed by atoms with Crippen LogP contribution >= 0.6 is 11.3 Å². The normalized spacial score (nSPS) is 14.5. The fraction of sp³-hybridized carbons (Fsp3) is 0.286. The molecule has 0 saturated carbocycles. The molecule has 33 heavy (non-hydrogen) atoms. The van der Waals surface area contributed by atoms with Gasteiger partial charge in [-0.25, -0.2) is 4.99 Å². The zero-order valence-electron chi connectivity index (χ0n) is 19.3. The van der Waals surface area contributed by atoms with Crippen LogP contribution in [0, 0.1) is 13.8 Å². The van der Waals surface area contributed by atoms with E-state index < -0.39 is 0 Å². The summed E-state index contributed by atoms with van der Waals surface area (Å²) in [5.41, 5.74) is 5.90. The summed E-state index contributed by atoms with van der Waals surface area (Å²) in [6.07, 6.45) is 2.60. The molecule has 0 aliphatic carbocycles. The van der Waals surface area contributed by atoms with Gasteiger partial charge in [0.2, 0.25) is 5.91 Å². The summed E-state index contributed by atoms with van der Waals surface area (Å²) in [4.78, 5) is 20.2. The Hall–Kier alpha value is -3.18. The first-order valence-corrected chi connectivity index (χ1v) is 12.5. The number of rotatable bonds is 6. The number of benzene rings is 3. The van der Waals surface area contributed by atoms with Gasteiger partial charge in [-0.15, -0.1) is 11.3 Å². The molecule has 1 aliphatic heterocycles. The van der Waals surface area contributed by atoms with Crippen LogP contribution in [0.1, 0.15) is 30.4 Å². The Kier molecular flexibility index (Phi) is 6.14. The van der Waals surface area contributed by atoms with Crippen molar-refractivity contribution in [3.63, 3.8) is 0 Å². The molecule has 1 saturated heterocycles. The molecule has 168 valence electrons. The fourth-order valence-corrected chi connectivity index (χ4v) is 5.56. The number of aromatic nitrogens is 1. The Bertz CT molecular complexity index is 1380. The molecule has 1 fully saturated rings. The average Bonchev–Trinajstić information content (AvgIpc) is 3.42. The molecule has 3 aromatic carbocycles. The Morgan fingerprint density at radius 2 is 1.79 bits per heavy atom. The van der Waals surface area contributed by atoms with Crippen molar-refractivity contribution in [3.8, 4) is 11.3 Å². The number of fused-ring (bicyclic) bond motifs is 1. The summed E-state index contributed by atoms with van der Waals surface area (Å²) in [6.45, 7) is 6.79. The number of carbonyl (C=O) groups is 1. The summed E-state index contributed by atoms with van der Waals surface area (Å²) in [5, 5.41) is 4.72. The lowest BCUT2D eigenvalue weighted by molar-refractivity contribution is -0.127. The van der Waals surface area contributed by atoms with Gasteiger partial charge in [-0.3, -0.25) is 4.79 Å². The average molecular weight is 456 g/mol. The zero-order chi connectivity index (χ0) is 22.8. The molecular formula is C28H29N3OS. The van der Waals surface area contributed by atoms with Gasteiger partial charge in [0.1, 0.15) is 0 Å². The quantitative estimate of drug-likeness (QED) is 0.339. The van der Waals surface area contributed by atoms with Gasteiger partial charge in [-0.2, -0.15) is 0 Å². The van der Waals surface area contributed by atoms with E-state index in [1.165, 1.54) is 33.2 Å². The van der Waals surface area contributed by atoms with Crippen molar-refractivity contribution in [2.24, 2.45) is 4.99 Å². The molecule has 4 nitrogen and oxygen atoms in total. The minimum Gasteiger partial charge on any atom is -0.343 e. The number of carbonyl (C=O) groups excluding carboxylic acids is 1. The maximum Gasteiger partial charge on any atom is 0.222 e. The van der Waals surface area contributed by atoms with Crippen LogP contribution in [0.3, 0.4) is 0 Å². The highest BCUT2D eigenvalue weighted by Gasteiger charge is 2.19. The van der Waals surface area contributed by atoms with Crippen LogP contribution in [0.5, 0.6) is 0 Å². The van der Waals surface area contributed by atoms with Gasteiger partial charge < -0.3 is 9.47 Å². The van der Waals surface area contributed by atoms with E-state index in [-0.39, 0.29) is 0 Å². The SMILES string of the molecule is Cc1cccc(N=c2scc(-c3cccc4ccccc34)n2CCCN2CCCC2=O)c1C. The lowest BCUT2D eigenvalue weighted by Crippen LogP contribution is -2.27. The van der Waals surface area contributed by atoms with Crippen molar-refractivity contribution < 1.29 is 4.79 Å². The molecular weight excluding hydrogens is 426 g/mol. The molecule has 0 N–H and O–H groups in total. The van der Waals surface area contributed by atoms with Gasteiger partial charge in [0.15, 0.2) is 4.80 Å². The first kappa shape index (κ1) is 21.7. The highest BCUT2D eigenvalue weighted by Crippen LogP contribution is 2.30. The van der Waals surface area contributed by atoms with E-state index in [9.17, 15) is 4.79 Å². The molecule has 1 aliphatic rings. The maximum absolute atomic E-state index is 12.1. The predicted octanol–water partition coefficient (Wildman–Crippen LogP) is 6.23. The zero-order valence-corrected chi connectivity index (χ0v) is 20.1. The number of likely N-dealkylation sites (tertiary alicyclic amines) is 1. The van der Waals surface area contributed by atoms with Gasteiger partial charge in [0, 0.05) is 37.0 Å². The number of thiazole rings is 1. The smallest absolute Gasteiger partial charge is 0.222 e. The maximum atomic E-state index is 12.1. The first-order chi connectivity index (χ1) is 16.1. The van der Waals surface area contributed by atoms with Gasteiger partial charge in [0.25, 0.3) is 0 Å². The minimum absolute atomic E-state index is 0.292. The first-order valence-electron chi connectivity index (χ1n) is 11.7. The van der Waals surface area contributed by atoms with Crippen molar-refractivity contribution in [1.29, 1.82) is 0 Å². The number of hydrogen-bond donors (Lipinski definition) is 0. The summed E-state index contributed by atoms with van der Waals surface area (Å²) in [7, 11) is 0. The summed E-state index contributed by atoms with van der Waals surface area (Å²) < 4.78 is 2.34. The molecule has 4 aromatic rings. The van der Waals surface area contributed by atoms with Crippen molar-refractivity contribution in [1.82, 2.24) is 9.47 Å². The van der Waals surface area contributed by atoms with E-state index >= 15 is 0 Å². The Labute approximate surface area is 198 Å². The fourth-order valence-electron chi connectivity index (χ4n) is 4.62. The van der Waals surface area contributed by atoms with Crippen LogP contribution < -0.4 is 4.80 Å². The molecule has 0 spiro atoms. The van der Waals surface area contributed by atoms with Crippen LogP contribution in [0.4, 0.5) is 5.69 Å². The number of amides is 1. The van der Waals surface area contributed by atoms with E-state index in [1.807, 2.05) is 4.90 Å². The summed E-state index contributed by atoms with van der Waals surface area (Å²) in [6, 6.07) is 21.3. The highest BCUT2D eigenvalue weighted by molar-refractivity contribution is 7.07. The molecule has 2 heterocycles. The molecule has 5 rings (SSSR count). The number of hydrogen-bond acceptors (Lipinski definition) is 3. The number of nitrogens with zero attached hydrogens (tertiary/aromatic N) is 3. The van der Waals surface area contributed by atoms with Crippen molar-refractivity contribution in [2.75, 3.05) is 13.1 Å². The van der Waals surface area contributed by atoms with E-state index in [0.717, 1.165) is 43.0 Å². The molecule has 0 bridgehead atoms. The van der Waals surface area contributed by atoms with Crippen LogP contribution in [-0.4, -0.2) is 28.5 Å². The largest absolute Gasteiger partial charge is 0.343 e. The van der Waals surface area contributed by atoms with E-state index in [1.54, 1.807) is 11.3 Å². The standard InChI is InChI=1S/C28H29N3OS/c1-20-9-5-14-25(21(20)2)29-28-31(18-8-17-30-16-7-15-27(30)32)26(19-33-28)24-13-6-11-22-10-3-4-12-23(22)24/h3-6,9-14,19H,7-8,15-18H2,1-2H3. The summed E-state index contributed by atoms with van der Waals surface area (Å²) in [5.74, 6) is 0.292. The third-order valence-corrected chi connectivity index (χ3v) is 7.50. The van der Waals surface area contributed by atoms with Crippen LogP contribution in [0.15, 0.2) is 71.0 Å². The highest BCUT2D eigenvalue weighted by atomic mass is 32.1. The third-order valence-electron chi connectivity index (χ3n) is 6.64. The minimum atomic E-state index is 0.292. The van der Waals surface area contributed by atoms with E-state index in [0.29, 0.717) is 12.3 Å². The lowest BCUT2D eigenvalue weighted by Gasteiger charge is -2.17. The van der Waals surface area contributed by atoms with Gasteiger partial charge >= 0.3 is 0 Å². The van der Waals surface area contributed by atoms with Gasteiger partial charge in [-0.05, 0) is 54.7 Å². The topological polar surface area (TPSA) is 37.6 Å². The number of aryl methyl sites for hydroxylation is 1. The molecule has 0 atom stereocenters. The van der Waals surface area contributed by atoms with E-state index in [2.05, 4.69) is 84.5 Å². The molecule has 5 heteroatoms. The molecule has 0 radical (unpaired) electrons. The third kappa shape index (κ3) is 4.38. The van der Waals surface area contributed by atoms with Crippen LogP contribution in [0.2, 0.25) is 0 Å². The predicted molar refractivity (Wildman–Crippen MR) is 137 cm³/mol. The monoisotopic (exact) mass is 455 g/mol. The molecule has 0 unspecified atom stereocenters. The van der Waals surface area contributed by atoms with E-state index in [4.69, 9.17) is 4.99 Å². The van der Waals surface area contributed by atoms with Gasteiger partial charge in [-0.1, -0.05) is 54.6 Å². The van der Waals surface area contributed by atoms with Crippen LogP contribution in [0.25, 0.3) is 22.0 Å². The van der Waals surface area contributed by atoms with Crippen LogP contribution in [-0.2, 0) is 11.3 Å².